The van der Waals surface area contributed by atoms with Crippen LogP contribution in [0, 0.1) is 0 Å². The maximum atomic E-state index is 10.6. The standard InChI is InChI=1S/C27H30O15/c28-8-17-19(32)21(34)23(36)26(41-17)39-15-6-12(31)5-14-13(15)7-16(25(38-14)10-1-3-11(30)4-2-10)40-27-24(37)22(35)20(33)18(9-29)42-27/h1-7,17-24,26-29,32-37H,8-9H2,(H-,30,31)/p+1/t17-,18+,19-,20+,21+,22-,23-,24+,26-,27+/m1/s1. The van der Waals surface area contributed by atoms with E-state index in [-0.39, 0.29) is 39.7 Å². The summed E-state index contributed by atoms with van der Waals surface area (Å²) in [5, 5.41) is 101. The smallest absolute Gasteiger partial charge is 0.402 e. The molecule has 2 saturated heterocycles. The Kier molecular flexibility index (Phi) is 8.68. The molecule has 5 rings (SSSR count). The molecule has 2 aromatic carbocycles. The van der Waals surface area contributed by atoms with E-state index in [0.29, 0.717) is 5.56 Å². The van der Waals surface area contributed by atoms with Crippen molar-refractivity contribution >= 4 is 11.0 Å². The third kappa shape index (κ3) is 5.67. The summed E-state index contributed by atoms with van der Waals surface area (Å²) in [5.41, 5.74) is 0.368. The van der Waals surface area contributed by atoms with Gasteiger partial charge < -0.3 is 70.0 Å². The van der Waals surface area contributed by atoms with Gasteiger partial charge in [0.05, 0.1) is 24.8 Å². The third-order valence-electron chi connectivity index (χ3n) is 7.11. The van der Waals surface area contributed by atoms with Crippen LogP contribution in [0.5, 0.6) is 23.0 Å². The number of aromatic hydroxyl groups is 2. The lowest BCUT2D eigenvalue weighted by Crippen LogP contribution is -2.60. The Labute approximate surface area is 237 Å². The van der Waals surface area contributed by atoms with Crippen LogP contribution in [-0.4, -0.2) is 126 Å². The van der Waals surface area contributed by atoms with Gasteiger partial charge >= 0.3 is 11.3 Å². The van der Waals surface area contributed by atoms with E-state index in [0.717, 1.165) is 6.07 Å². The fraction of sp³-hybridized carbons (Fsp3) is 0.444. The molecule has 42 heavy (non-hydrogen) atoms. The van der Waals surface area contributed by atoms with Gasteiger partial charge in [-0.3, -0.25) is 0 Å². The van der Waals surface area contributed by atoms with E-state index < -0.39 is 74.6 Å². The molecule has 0 saturated carbocycles. The highest BCUT2D eigenvalue weighted by Gasteiger charge is 2.47. The number of hydrogen-bond acceptors (Lipinski definition) is 14. The summed E-state index contributed by atoms with van der Waals surface area (Å²) in [6, 6.07) is 9.41. The second-order valence-corrected chi connectivity index (χ2v) is 9.97. The minimum atomic E-state index is -1.77. The van der Waals surface area contributed by atoms with Crippen molar-refractivity contribution in [1.29, 1.82) is 0 Å². The molecule has 10 N–H and O–H groups in total. The van der Waals surface area contributed by atoms with Crippen molar-refractivity contribution in [3.05, 3.63) is 42.5 Å². The van der Waals surface area contributed by atoms with Crippen LogP contribution < -0.4 is 9.47 Å². The molecule has 1 aromatic heterocycles. The number of fused-ring (bicyclic) bond motifs is 1. The average molecular weight is 596 g/mol. The number of aliphatic hydroxyl groups excluding tert-OH is 8. The first-order chi connectivity index (χ1) is 20.0. The molecule has 2 aliphatic heterocycles. The van der Waals surface area contributed by atoms with Crippen LogP contribution in [0.15, 0.2) is 46.9 Å². The van der Waals surface area contributed by atoms with Gasteiger partial charge in [0.25, 0.3) is 0 Å². The van der Waals surface area contributed by atoms with E-state index in [2.05, 4.69) is 0 Å². The van der Waals surface area contributed by atoms with Gasteiger partial charge in [-0.2, -0.15) is 0 Å². The number of hydrogen-bond donors (Lipinski definition) is 10. The molecule has 15 nitrogen and oxygen atoms in total. The SMILES string of the molecule is OC[C@@H]1O[C@H](Oc2cc3c(O[C@@H]4O[C@H](CO)[C@@H](O)[C@H](O)[C@H]4O)cc(O)cc3[o+]c2-c2ccc(O)cc2)[C@@H](O)[C@H](O)[C@H]1O. The van der Waals surface area contributed by atoms with Crippen molar-refractivity contribution < 1.29 is 74.4 Å². The van der Waals surface area contributed by atoms with E-state index in [9.17, 15) is 51.1 Å². The molecular formula is C27H31O15+. The Bertz CT molecular complexity index is 1380. The molecule has 0 spiro atoms. The van der Waals surface area contributed by atoms with Crippen molar-refractivity contribution in [3.63, 3.8) is 0 Å². The number of benzene rings is 2. The van der Waals surface area contributed by atoms with Crippen LogP contribution in [0.1, 0.15) is 0 Å². The summed E-state index contributed by atoms with van der Waals surface area (Å²) in [6.45, 7) is -1.40. The third-order valence-corrected chi connectivity index (χ3v) is 7.11. The maximum absolute atomic E-state index is 10.6. The van der Waals surface area contributed by atoms with Gasteiger partial charge in [-0.05, 0) is 24.3 Å². The first-order valence-electron chi connectivity index (χ1n) is 12.9. The summed E-state index contributed by atoms with van der Waals surface area (Å²) >= 11 is 0. The van der Waals surface area contributed by atoms with Gasteiger partial charge in [0.15, 0.2) is 0 Å². The molecule has 0 radical (unpaired) electrons. The van der Waals surface area contributed by atoms with Gasteiger partial charge in [-0.15, -0.1) is 0 Å². The van der Waals surface area contributed by atoms with Crippen molar-refractivity contribution in [3.8, 4) is 34.3 Å². The average Bonchev–Trinajstić information content (AvgIpc) is 2.98. The quantitative estimate of drug-likeness (QED) is 0.135. The lowest BCUT2D eigenvalue weighted by atomic mass is 9.99. The molecule has 3 heterocycles. The topological polar surface area (TPSA) is 251 Å². The van der Waals surface area contributed by atoms with Crippen molar-refractivity contribution in [2.45, 2.75) is 61.4 Å². The predicted molar refractivity (Wildman–Crippen MR) is 138 cm³/mol. The number of ether oxygens (including phenoxy) is 4. The summed E-state index contributed by atoms with van der Waals surface area (Å²) in [4.78, 5) is 0. The first-order valence-corrected chi connectivity index (χ1v) is 12.9. The Morgan fingerprint density at radius 3 is 1.67 bits per heavy atom. The van der Waals surface area contributed by atoms with E-state index >= 15 is 0 Å². The Balaban J connectivity index is 1.59. The van der Waals surface area contributed by atoms with Crippen LogP contribution in [0.25, 0.3) is 22.3 Å². The zero-order valence-corrected chi connectivity index (χ0v) is 21.7. The number of aliphatic hydroxyl groups is 8. The second-order valence-electron chi connectivity index (χ2n) is 9.97. The number of phenolic OH excluding ortho intramolecular Hbond substituents is 2. The summed E-state index contributed by atoms with van der Waals surface area (Å²) in [7, 11) is 0. The fourth-order valence-corrected chi connectivity index (χ4v) is 4.75. The molecule has 0 aliphatic carbocycles. The van der Waals surface area contributed by atoms with Gasteiger partial charge in [0.1, 0.15) is 71.5 Å². The zero-order chi connectivity index (χ0) is 30.3. The van der Waals surface area contributed by atoms with Crippen molar-refractivity contribution in [2.75, 3.05) is 13.2 Å². The van der Waals surface area contributed by atoms with Crippen LogP contribution in [0.4, 0.5) is 0 Å². The lowest BCUT2D eigenvalue weighted by Gasteiger charge is -2.39. The van der Waals surface area contributed by atoms with Crippen LogP contribution in [0.3, 0.4) is 0 Å². The van der Waals surface area contributed by atoms with Gasteiger partial charge in [0.2, 0.25) is 18.3 Å². The Hall–Kier alpha value is -3.35. The van der Waals surface area contributed by atoms with E-state index in [1.165, 1.54) is 36.4 Å². The van der Waals surface area contributed by atoms with E-state index in [4.69, 9.17) is 23.4 Å². The van der Waals surface area contributed by atoms with Gasteiger partial charge in [-0.1, -0.05) is 0 Å². The highest BCUT2D eigenvalue weighted by Crippen LogP contribution is 2.42. The Morgan fingerprint density at radius 1 is 0.619 bits per heavy atom. The van der Waals surface area contributed by atoms with E-state index in [1.807, 2.05) is 0 Å². The summed E-state index contributed by atoms with van der Waals surface area (Å²) < 4.78 is 28.6. The molecule has 2 aliphatic rings. The molecule has 0 unspecified atom stereocenters. The monoisotopic (exact) mass is 595 g/mol. The molecule has 3 aromatic rings. The van der Waals surface area contributed by atoms with Crippen molar-refractivity contribution in [1.82, 2.24) is 0 Å². The highest BCUT2D eigenvalue weighted by atomic mass is 16.7. The highest BCUT2D eigenvalue weighted by molar-refractivity contribution is 5.88. The summed E-state index contributed by atoms with van der Waals surface area (Å²) in [5.74, 6) is -0.673. The molecule has 15 heteroatoms. The lowest BCUT2D eigenvalue weighted by molar-refractivity contribution is -0.277. The van der Waals surface area contributed by atoms with Crippen LogP contribution in [-0.2, 0) is 9.47 Å². The minimum Gasteiger partial charge on any atom is -0.508 e. The van der Waals surface area contributed by atoms with Crippen LogP contribution >= 0.6 is 0 Å². The molecule has 2 fully saturated rings. The van der Waals surface area contributed by atoms with Gasteiger partial charge in [0, 0.05) is 12.1 Å². The molecule has 0 amide bonds. The number of phenols is 2. The maximum Gasteiger partial charge on any atom is 0.402 e. The predicted octanol–water partition coefficient (Wildman–Crippen LogP) is -1.85. The molecule has 10 atom stereocenters. The first kappa shape index (κ1) is 30.1. The number of rotatable bonds is 7. The zero-order valence-electron chi connectivity index (χ0n) is 21.7. The molecular weight excluding hydrogens is 564 g/mol. The fourth-order valence-electron chi connectivity index (χ4n) is 4.75. The molecule has 0 bridgehead atoms. The summed E-state index contributed by atoms with van der Waals surface area (Å²) in [6.07, 6.45) is -16.0. The Morgan fingerprint density at radius 2 is 1.14 bits per heavy atom. The molecule has 228 valence electrons. The van der Waals surface area contributed by atoms with Crippen LogP contribution in [0.2, 0.25) is 0 Å². The van der Waals surface area contributed by atoms with Crippen molar-refractivity contribution in [2.24, 2.45) is 0 Å². The largest absolute Gasteiger partial charge is 0.508 e. The second kappa shape index (κ2) is 12.1. The van der Waals surface area contributed by atoms with E-state index in [1.54, 1.807) is 0 Å². The minimum absolute atomic E-state index is 0.00357. The van der Waals surface area contributed by atoms with Gasteiger partial charge in [-0.25, -0.2) is 4.42 Å². The normalized spacial score (nSPS) is 33.4.